The van der Waals surface area contributed by atoms with Crippen molar-refractivity contribution in [2.45, 2.75) is 24.1 Å². The molecule has 1 aliphatic heterocycles. The zero-order valence-electron chi connectivity index (χ0n) is 10.5. The molecule has 0 aromatic heterocycles. The number of alkyl halides is 1. The van der Waals surface area contributed by atoms with Gasteiger partial charge in [-0.1, -0.05) is 19.9 Å². The normalized spacial score (nSPS) is 15.4. The van der Waals surface area contributed by atoms with Crippen molar-refractivity contribution in [2.24, 2.45) is 14.6 Å². The Balaban J connectivity index is 2.22. The quantitative estimate of drug-likeness (QED) is 0.861. The smallest absolute Gasteiger partial charge is 0.210 e. The van der Waals surface area contributed by atoms with Crippen LogP contribution in [0.3, 0.4) is 0 Å². The van der Waals surface area contributed by atoms with E-state index in [0.717, 1.165) is 11.4 Å². The highest BCUT2D eigenvalue weighted by molar-refractivity contribution is 7.89. The summed E-state index contributed by atoms with van der Waals surface area (Å²) in [5.41, 5.74) is 0.981. The molecule has 1 atom stereocenters. The molecule has 0 saturated carbocycles. The second-order valence-corrected chi connectivity index (χ2v) is 7.32. The van der Waals surface area contributed by atoms with Crippen molar-refractivity contribution in [3.63, 3.8) is 0 Å². The van der Waals surface area contributed by atoms with Gasteiger partial charge in [0.25, 0.3) is 0 Å². The van der Waals surface area contributed by atoms with Crippen LogP contribution in [-0.2, 0) is 21.4 Å². The summed E-state index contributed by atoms with van der Waals surface area (Å²) < 4.78 is 35.0. The van der Waals surface area contributed by atoms with Crippen molar-refractivity contribution in [3.8, 4) is 0 Å². The molecule has 0 saturated heterocycles. The van der Waals surface area contributed by atoms with E-state index in [1.165, 1.54) is 6.07 Å². The third kappa shape index (κ3) is 3.22. The topological polar surface area (TPSA) is 70.9 Å². The van der Waals surface area contributed by atoms with Gasteiger partial charge in [0.05, 0.1) is 11.4 Å². The Morgan fingerprint density at radius 1 is 1.37 bits per heavy atom. The minimum absolute atomic E-state index is 0.145. The lowest BCUT2D eigenvalue weighted by Crippen LogP contribution is -2.32. The highest BCUT2D eigenvalue weighted by Gasteiger charge is 2.23. The predicted octanol–water partition coefficient (Wildman–Crippen LogP) is 2.95. The van der Waals surface area contributed by atoms with E-state index in [1.54, 1.807) is 12.1 Å². The third-order valence-corrected chi connectivity index (χ3v) is 5.39. The predicted molar refractivity (Wildman–Crippen MR) is 77.7 cm³/mol. The maximum Gasteiger partial charge on any atom is 0.242 e. The van der Waals surface area contributed by atoms with Crippen molar-refractivity contribution in [1.29, 1.82) is 0 Å². The zero-order chi connectivity index (χ0) is 14.0. The first-order chi connectivity index (χ1) is 8.92. The Bertz CT molecular complexity index is 652. The van der Waals surface area contributed by atoms with Crippen LogP contribution >= 0.6 is 11.6 Å². The van der Waals surface area contributed by atoms with E-state index >= 15 is 0 Å². The molecule has 1 heterocycles. The standard InChI is InChI=1S/C11H14ClN3O2S2/c1-7(2)8(12)6-13-19(16,17)10-5-3-4-9-11(10)15-18-14-9/h3-5,7-8,13H,6H2,1-2H3. The van der Waals surface area contributed by atoms with Crippen LogP contribution in [0, 0.1) is 5.92 Å². The summed E-state index contributed by atoms with van der Waals surface area (Å²) in [6, 6.07) is 4.90. The second kappa shape index (κ2) is 5.70. The highest BCUT2D eigenvalue weighted by atomic mass is 35.5. The first-order valence-electron chi connectivity index (χ1n) is 5.77. The summed E-state index contributed by atoms with van der Waals surface area (Å²) in [6.45, 7) is 4.07. The molecular weight excluding hydrogens is 306 g/mol. The average molecular weight is 320 g/mol. The lowest BCUT2D eigenvalue weighted by atomic mass is 10.1. The largest absolute Gasteiger partial charge is 0.242 e. The molecule has 19 heavy (non-hydrogen) atoms. The van der Waals surface area contributed by atoms with E-state index in [0.29, 0.717) is 11.4 Å². The number of nitrogens with one attached hydrogen (secondary N) is 1. The maximum atomic E-state index is 12.2. The molecule has 0 radical (unpaired) electrons. The Labute approximate surface area is 121 Å². The number of rotatable bonds is 5. The van der Waals surface area contributed by atoms with Crippen LogP contribution in [-0.4, -0.2) is 20.3 Å². The fourth-order valence-corrected chi connectivity index (χ4v) is 3.49. The van der Waals surface area contributed by atoms with Gasteiger partial charge in [-0.2, -0.15) is 8.73 Å². The van der Waals surface area contributed by atoms with Gasteiger partial charge < -0.3 is 0 Å². The molecule has 2 rings (SSSR count). The number of nitrogens with zero attached hydrogens (tertiary/aromatic N) is 2. The lowest BCUT2D eigenvalue weighted by molar-refractivity contribution is 0.556. The Morgan fingerprint density at radius 3 is 2.79 bits per heavy atom. The summed E-state index contributed by atoms with van der Waals surface area (Å²) in [5, 5.41) is -0.248. The fraction of sp³-hybridized carbons (Fsp3) is 0.455. The van der Waals surface area contributed by atoms with Crippen molar-refractivity contribution in [1.82, 2.24) is 4.72 Å². The van der Waals surface area contributed by atoms with E-state index in [2.05, 4.69) is 13.4 Å². The van der Waals surface area contributed by atoms with Gasteiger partial charge in [-0.05, 0) is 18.1 Å². The van der Waals surface area contributed by atoms with Crippen LogP contribution in [0.25, 0.3) is 0 Å². The van der Waals surface area contributed by atoms with E-state index in [1.807, 2.05) is 13.8 Å². The van der Waals surface area contributed by atoms with Crippen molar-refractivity contribution >= 4 is 44.4 Å². The van der Waals surface area contributed by atoms with Gasteiger partial charge in [-0.15, -0.1) is 11.6 Å². The highest BCUT2D eigenvalue weighted by Crippen LogP contribution is 2.37. The molecule has 0 spiro atoms. The fourth-order valence-electron chi connectivity index (χ4n) is 1.50. The van der Waals surface area contributed by atoms with Crippen molar-refractivity contribution in [3.05, 3.63) is 18.2 Å². The summed E-state index contributed by atoms with van der Waals surface area (Å²) in [6.07, 6.45) is 0. The number of hydrogen-bond acceptors (Lipinski definition) is 4. The summed E-state index contributed by atoms with van der Waals surface area (Å²) in [4.78, 5) is 0.145. The van der Waals surface area contributed by atoms with E-state index < -0.39 is 10.0 Å². The molecule has 0 amide bonds. The zero-order valence-corrected chi connectivity index (χ0v) is 12.9. The summed E-state index contributed by atoms with van der Waals surface area (Å²) in [5.74, 6) is 0.195. The van der Waals surface area contributed by atoms with E-state index in [4.69, 9.17) is 11.6 Å². The number of fused-ring (bicyclic) bond motifs is 1. The van der Waals surface area contributed by atoms with Gasteiger partial charge in [-0.25, -0.2) is 13.1 Å². The van der Waals surface area contributed by atoms with E-state index in [9.17, 15) is 8.42 Å². The molecule has 1 unspecified atom stereocenters. The molecule has 0 fully saturated rings. The van der Waals surface area contributed by atoms with Gasteiger partial charge in [-0.3, -0.25) is 0 Å². The molecule has 1 aliphatic rings. The number of sulfonamides is 1. The number of hydrogen-bond donors (Lipinski definition) is 1. The van der Waals surface area contributed by atoms with Crippen LogP contribution in [0.4, 0.5) is 11.4 Å². The Morgan fingerprint density at radius 2 is 2.11 bits per heavy atom. The van der Waals surface area contributed by atoms with Crippen molar-refractivity contribution in [2.75, 3.05) is 6.54 Å². The van der Waals surface area contributed by atoms with Crippen LogP contribution in [0.1, 0.15) is 13.8 Å². The molecule has 1 aromatic carbocycles. The van der Waals surface area contributed by atoms with Gasteiger partial charge in [0, 0.05) is 11.9 Å². The second-order valence-electron chi connectivity index (χ2n) is 4.50. The average Bonchev–Trinajstić information content (AvgIpc) is 2.83. The molecular formula is C11H14ClN3O2S2. The molecule has 104 valence electrons. The maximum absolute atomic E-state index is 12.2. The first-order valence-corrected chi connectivity index (χ1v) is 8.42. The SMILES string of the molecule is CC(C)C(Cl)CNS(=O)(=O)c1cccc2c1N=S=N2. The molecule has 1 aromatic rings. The first kappa shape index (κ1) is 14.6. The van der Waals surface area contributed by atoms with Gasteiger partial charge in [0.2, 0.25) is 10.0 Å². The van der Waals surface area contributed by atoms with Crippen LogP contribution < -0.4 is 4.72 Å². The third-order valence-electron chi connectivity index (χ3n) is 2.73. The Kier molecular flexibility index (Phi) is 4.39. The monoisotopic (exact) mass is 319 g/mol. The molecule has 0 bridgehead atoms. The van der Waals surface area contributed by atoms with Gasteiger partial charge in [0.1, 0.15) is 16.3 Å². The van der Waals surface area contributed by atoms with Crippen LogP contribution in [0.5, 0.6) is 0 Å². The minimum atomic E-state index is -3.62. The van der Waals surface area contributed by atoms with Crippen LogP contribution in [0.15, 0.2) is 31.8 Å². The number of benzene rings is 1. The minimum Gasteiger partial charge on any atom is -0.210 e. The molecule has 5 nitrogen and oxygen atoms in total. The van der Waals surface area contributed by atoms with E-state index in [-0.39, 0.29) is 22.7 Å². The molecule has 0 aliphatic carbocycles. The van der Waals surface area contributed by atoms with Crippen molar-refractivity contribution < 1.29 is 8.42 Å². The summed E-state index contributed by atoms with van der Waals surface area (Å²) in [7, 11) is -3.62. The van der Waals surface area contributed by atoms with Gasteiger partial charge >= 0.3 is 0 Å². The van der Waals surface area contributed by atoms with Crippen LogP contribution in [0.2, 0.25) is 0 Å². The molecule has 8 heteroatoms. The Hall–Kier alpha value is -0.760. The lowest BCUT2D eigenvalue weighted by Gasteiger charge is -2.14. The molecule has 1 N–H and O–H groups in total. The summed E-state index contributed by atoms with van der Waals surface area (Å²) >= 11 is 7.05. The number of halogens is 1. The van der Waals surface area contributed by atoms with Gasteiger partial charge in [0.15, 0.2) is 0 Å².